The van der Waals surface area contributed by atoms with Crippen molar-refractivity contribution in [2.45, 2.75) is 192 Å². The number of aliphatic hydroxyl groups excluding tert-OH is 3. The summed E-state index contributed by atoms with van der Waals surface area (Å²) in [5.74, 6) is -2.10. The molecule has 12 nitrogen and oxygen atoms in total. The topological polar surface area (TPSA) is 186 Å². The molecule has 1 fully saturated rings. The van der Waals surface area contributed by atoms with Gasteiger partial charge in [-0.1, -0.05) is 144 Å². The van der Waals surface area contributed by atoms with Gasteiger partial charge in [0.25, 0.3) is 10.1 Å². The molecule has 1 aliphatic rings. The summed E-state index contributed by atoms with van der Waals surface area (Å²) in [6, 6.07) is 0. The van der Waals surface area contributed by atoms with E-state index in [1.807, 2.05) is 12.2 Å². The molecule has 0 aromatic carbocycles. The normalized spacial score (nSPS) is 20.6. The maximum atomic E-state index is 12.8. The van der Waals surface area contributed by atoms with Gasteiger partial charge in [0.2, 0.25) is 0 Å². The summed E-state index contributed by atoms with van der Waals surface area (Å²) in [6.45, 7) is 3.60. The minimum absolute atomic E-state index is 0.0806. The summed E-state index contributed by atoms with van der Waals surface area (Å²) >= 11 is 0. The van der Waals surface area contributed by atoms with E-state index in [0.717, 1.165) is 64.2 Å². The molecule has 1 aliphatic heterocycles. The molecule has 0 radical (unpaired) electrons. The number of hydrogen-bond donors (Lipinski definition) is 4. The van der Waals surface area contributed by atoms with E-state index in [1.165, 1.54) is 44.9 Å². The zero-order chi connectivity index (χ0) is 45.5. The van der Waals surface area contributed by atoms with Crippen molar-refractivity contribution in [3.05, 3.63) is 85.1 Å². The Hall–Kier alpha value is -3.17. The molecule has 4 N–H and O–H groups in total. The predicted molar refractivity (Wildman–Crippen MR) is 247 cm³/mol. The Bertz CT molecular complexity index is 1460. The van der Waals surface area contributed by atoms with E-state index in [0.29, 0.717) is 19.3 Å². The van der Waals surface area contributed by atoms with Crippen molar-refractivity contribution in [3.63, 3.8) is 0 Å². The number of unbranched alkanes of at least 4 members (excludes halogenated alkanes) is 11. The molecule has 0 bridgehead atoms. The number of allylic oxidation sites excluding steroid dienone is 14. The molecule has 6 atom stereocenters. The van der Waals surface area contributed by atoms with E-state index in [1.54, 1.807) is 0 Å². The van der Waals surface area contributed by atoms with Gasteiger partial charge in [-0.15, -0.1) is 0 Å². The summed E-state index contributed by atoms with van der Waals surface area (Å²) in [7, 11) is -4.62. The van der Waals surface area contributed by atoms with Gasteiger partial charge in [0.05, 0.1) is 6.61 Å². The number of aliphatic hydroxyl groups is 3. The van der Waals surface area contributed by atoms with E-state index in [2.05, 4.69) is 86.8 Å². The summed E-state index contributed by atoms with van der Waals surface area (Å²) in [5, 5.41) is 30.9. The van der Waals surface area contributed by atoms with Crippen LogP contribution in [-0.4, -0.2) is 96.0 Å². The molecule has 0 spiro atoms. The van der Waals surface area contributed by atoms with Crippen LogP contribution in [0.4, 0.5) is 0 Å². The van der Waals surface area contributed by atoms with Gasteiger partial charge in [-0.25, -0.2) is 0 Å². The molecular weight excluding hydrogens is 813 g/mol. The lowest BCUT2D eigenvalue weighted by atomic mass is 10.00. The van der Waals surface area contributed by atoms with Crippen LogP contribution in [0.1, 0.15) is 155 Å². The van der Waals surface area contributed by atoms with E-state index >= 15 is 0 Å². The van der Waals surface area contributed by atoms with Crippen LogP contribution in [0.2, 0.25) is 0 Å². The molecule has 354 valence electrons. The largest absolute Gasteiger partial charge is 0.462 e. The second-order valence-electron chi connectivity index (χ2n) is 15.7. The van der Waals surface area contributed by atoms with Crippen LogP contribution in [0.25, 0.3) is 0 Å². The molecule has 13 heteroatoms. The van der Waals surface area contributed by atoms with Crippen LogP contribution < -0.4 is 0 Å². The number of carbonyl (C=O) groups is 2. The highest BCUT2D eigenvalue weighted by Crippen LogP contribution is 2.24. The van der Waals surface area contributed by atoms with Crippen molar-refractivity contribution in [3.8, 4) is 0 Å². The molecule has 0 aromatic heterocycles. The Morgan fingerprint density at radius 2 is 1.02 bits per heavy atom. The molecule has 1 rings (SSSR count). The molecule has 2 unspecified atom stereocenters. The van der Waals surface area contributed by atoms with Gasteiger partial charge >= 0.3 is 11.9 Å². The smallest absolute Gasteiger partial charge is 0.306 e. The molecule has 0 saturated carbocycles. The Morgan fingerprint density at radius 1 is 0.548 bits per heavy atom. The van der Waals surface area contributed by atoms with Gasteiger partial charge in [-0.2, -0.15) is 8.42 Å². The van der Waals surface area contributed by atoms with Crippen LogP contribution in [-0.2, 0) is 38.7 Å². The average Bonchev–Trinajstić information content (AvgIpc) is 3.24. The van der Waals surface area contributed by atoms with Gasteiger partial charge in [0.15, 0.2) is 12.4 Å². The van der Waals surface area contributed by atoms with Crippen LogP contribution in [0, 0.1) is 0 Å². The molecule has 62 heavy (non-hydrogen) atoms. The maximum Gasteiger partial charge on any atom is 0.306 e. The number of rotatable bonds is 37. The Balaban J connectivity index is 2.51. The summed E-state index contributed by atoms with van der Waals surface area (Å²) in [4.78, 5) is 25.4. The molecule has 1 saturated heterocycles. The van der Waals surface area contributed by atoms with E-state index in [-0.39, 0.29) is 19.4 Å². The molecule has 0 aliphatic carbocycles. The van der Waals surface area contributed by atoms with Gasteiger partial charge in [0, 0.05) is 12.8 Å². The molecule has 0 amide bonds. The zero-order valence-corrected chi connectivity index (χ0v) is 38.5. The lowest BCUT2D eigenvalue weighted by Crippen LogP contribution is -2.60. The Kier molecular flexibility index (Phi) is 35.1. The van der Waals surface area contributed by atoms with Crippen molar-refractivity contribution in [1.82, 2.24) is 0 Å². The van der Waals surface area contributed by atoms with E-state index < -0.39 is 71.2 Å². The first-order valence-corrected chi connectivity index (χ1v) is 24.8. The van der Waals surface area contributed by atoms with Gasteiger partial charge in [-0.3, -0.25) is 14.1 Å². The fourth-order valence-corrected chi connectivity index (χ4v) is 7.02. The number of carbonyl (C=O) groups excluding carboxylic acids is 2. The minimum Gasteiger partial charge on any atom is -0.462 e. The van der Waals surface area contributed by atoms with E-state index in [4.69, 9.17) is 18.9 Å². The summed E-state index contributed by atoms with van der Waals surface area (Å²) in [6.07, 6.45) is 40.6. The maximum absolute atomic E-state index is 12.8. The highest BCUT2D eigenvalue weighted by atomic mass is 32.2. The quantitative estimate of drug-likeness (QED) is 0.0201. The highest BCUT2D eigenvalue weighted by Gasteiger charge is 2.46. The Morgan fingerprint density at radius 3 is 1.55 bits per heavy atom. The fourth-order valence-electron chi connectivity index (χ4n) is 6.33. The van der Waals surface area contributed by atoms with Crippen molar-refractivity contribution in [2.75, 3.05) is 19.0 Å². The second-order valence-corrected chi connectivity index (χ2v) is 17.2. The van der Waals surface area contributed by atoms with Crippen LogP contribution in [0.3, 0.4) is 0 Å². The van der Waals surface area contributed by atoms with Crippen molar-refractivity contribution in [2.24, 2.45) is 0 Å². The molecular formula is C49H80O12S. The third-order valence-corrected chi connectivity index (χ3v) is 10.7. The van der Waals surface area contributed by atoms with Crippen molar-refractivity contribution in [1.29, 1.82) is 0 Å². The summed E-state index contributed by atoms with van der Waals surface area (Å²) in [5.41, 5.74) is 0. The minimum atomic E-state index is -4.62. The van der Waals surface area contributed by atoms with Crippen LogP contribution in [0.15, 0.2) is 85.1 Å². The average molecular weight is 893 g/mol. The van der Waals surface area contributed by atoms with Crippen LogP contribution in [0.5, 0.6) is 0 Å². The molecule has 1 heterocycles. The first kappa shape index (κ1) is 56.8. The van der Waals surface area contributed by atoms with Crippen molar-refractivity contribution < 1.29 is 56.8 Å². The predicted octanol–water partition coefficient (Wildman–Crippen LogP) is 9.67. The molecule has 0 aromatic rings. The lowest BCUT2D eigenvalue weighted by Gasteiger charge is -2.40. The van der Waals surface area contributed by atoms with Crippen LogP contribution >= 0.6 is 0 Å². The monoisotopic (exact) mass is 893 g/mol. The zero-order valence-electron chi connectivity index (χ0n) is 37.7. The second kappa shape index (κ2) is 38.3. The lowest BCUT2D eigenvalue weighted by molar-refractivity contribution is -0.297. The number of esters is 2. The first-order valence-electron chi connectivity index (χ1n) is 23.1. The van der Waals surface area contributed by atoms with Crippen molar-refractivity contribution >= 4 is 22.1 Å². The number of ether oxygens (including phenoxy) is 4. The van der Waals surface area contributed by atoms with Gasteiger partial charge in [0.1, 0.15) is 36.8 Å². The van der Waals surface area contributed by atoms with Gasteiger partial charge in [-0.05, 0) is 83.5 Å². The van der Waals surface area contributed by atoms with E-state index in [9.17, 15) is 37.9 Å². The number of hydrogen-bond acceptors (Lipinski definition) is 11. The SMILES string of the molecule is CCC/C=C/C/C=C/C/C=C/C/C=C/CCCCCC(=O)OC[C@H](CO[C@H]1O[C@H](CS(=O)(=O)O)[C@@H](O)C(O)C1O)OC(=O)CCC/C=C/C/C=C/C/C=C/CCCCCCCC. The van der Waals surface area contributed by atoms with Gasteiger partial charge < -0.3 is 34.3 Å². The highest BCUT2D eigenvalue weighted by molar-refractivity contribution is 7.85. The standard InChI is InChI=1S/C49H80O12S/c1-3-5-7-9-11-13-15-17-19-21-23-25-27-29-31-33-35-37-44(50)58-39-42(40-59-49-48(54)47(53)46(52)43(61-49)41-62(55,56)57)60-45(51)38-36-34-32-30-28-26-24-22-20-18-16-14-12-10-8-6-4-2/h7,9,13,15,18-21,24-27,30,32,42-43,46-49,52-54H,3-6,8,10-12,14,16-17,22-23,28-29,31,33-41H2,1-2H3,(H,55,56,57)/b9-7+,15-13+,20-18+,21-19+,26-24+,27-25+,32-30+/t42-,43-,46-,47?,48?,49+/m1/s1. The first-order chi connectivity index (χ1) is 30.0. The summed E-state index contributed by atoms with van der Waals surface area (Å²) < 4.78 is 54.0. The fraction of sp³-hybridized carbons (Fsp3) is 0.673. The third-order valence-electron chi connectivity index (χ3n) is 9.93. The third kappa shape index (κ3) is 32.5. The Labute approximate surface area is 373 Å².